The molecule has 2 aromatic rings. The number of likely N-dealkylation sites (tertiary alicyclic amines) is 1. The summed E-state index contributed by atoms with van der Waals surface area (Å²) in [6.07, 6.45) is 5.55. The average molecular weight is 300 g/mol. The second-order valence-electron chi connectivity index (χ2n) is 6.09. The highest BCUT2D eigenvalue weighted by atomic mass is 16.5. The van der Waals surface area contributed by atoms with Crippen LogP contribution in [0.2, 0.25) is 0 Å². The smallest absolute Gasteiger partial charge is 0.251 e. The molecule has 22 heavy (non-hydrogen) atoms. The highest BCUT2D eigenvalue weighted by Crippen LogP contribution is 2.28. The van der Waals surface area contributed by atoms with Gasteiger partial charge in [-0.25, -0.2) is 0 Å². The molecule has 1 unspecified atom stereocenters. The summed E-state index contributed by atoms with van der Waals surface area (Å²) in [4.78, 5) is 14.3. The van der Waals surface area contributed by atoms with Crippen LogP contribution >= 0.6 is 0 Å². The largest absolute Gasteiger partial charge is 0.368 e. The third kappa shape index (κ3) is 2.37. The molecule has 2 aliphatic heterocycles. The van der Waals surface area contributed by atoms with Crippen molar-refractivity contribution in [2.45, 2.75) is 37.7 Å². The first kappa shape index (κ1) is 13.7. The number of aromatic nitrogens is 3. The molecule has 1 atom stereocenters. The third-order valence-electron chi connectivity index (χ3n) is 4.72. The molecule has 0 aliphatic carbocycles. The minimum atomic E-state index is -0.203. The Morgan fingerprint density at radius 3 is 2.82 bits per heavy atom. The van der Waals surface area contributed by atoms with E-state index in [4.69, 9.17) is 4.74 Å². The Bertz CT molecular complexity index is 670. The van der Waals surface area contributed by atoms with Crippen molar-refractivity contribution < 1.29 is 9.53 Å². The molecule has 2 aromatic heterocycles. The minimum absolute atomic E-state index is 0.169. The van der Waals surface area contributed by atoms with Gasteiger partial charge in [-0.3, -0.25) is 9.20 Å². The Morgan fingerprint density at radius 2 is 2.05 bits per heavy atom. The van der Waals surface area contributed by atoms with Crippen molar-refractivity contribution in [2.24, 2.45) is 0 Å². The summed E-state index contributed by atoms with van der Waals surface area (Å²) in [5.41, 5.74) is 0.885. The summed E-state index contributed by atoms with van der Waals surface area (Å²) in [5.74, 6) is 1.55. The fourth-order valence-electron chi connectivity index (χ4n) is 3.47. The molecular formula is C16H20N4O2. The van der Waals surface area contributed by atoms with Crippen LogP contribution in [0.1, 0.15) is 37.4 Å². The van der Waals surface area contributed by atoms with Gasteiger partial charge in [0.15, 0.2) is 5.65 Å². The Labute approximate surface area is 129 Å². The van der Waals surface area contributed by atoms with E-state index in [0.29, 0.717) is 5.92 Å². The zero-order valence-corrected chi connectivity index (χ0v) is 12.5. The molecule has 0 saturated carbocycles. The van der Waals surface area contributed by atoms with Gasteiger partial charge in [-0.1, -0.05) is 6.07 Å². The lowest BCUT2D eigenvalue weighted by molar-refractivity contribution is -0.142. The Morgan fingerprint density at radius 1 is 1.18 bits per heavy atom. The van der Waals surface area contributed by atoms with Crippen molar-refractivity contribution in [2.75, 3.05) is 19.7 Å². The molecule has 6 heteroatoms. The molecular weight excluding hydrogens is 280 g/mol. The lowest BCUT2D eigenvalue weighted by Crippen LogP contribution is -2.43. The van der Waals surface area contributed by atoms with Crippen molar-refractivity contribution in [1.82, 2.24) is 19.5 Å². The number of hydrogen-bond donors (Lipinski definition) is 0. The molecule has 0 aromatic carbocycles. The van der Waals surface area contributed by atoms with Crippen LogP contribution in [0.15, 0.2) is 24.4 Å². The first-order valence-corrected chi connectivity index (χ1v) is 8.03. The fraction of sp³-hybridized carbons (Fsp3) is 0.562. The number of rotatable bonds is 2. The summed E-state index contributed by atoms with van der Waals surface area (Å²) in [7, 11) is 0. The minimum Gasteiger partial charge on any atom is -0.368 e. The Kier molecular flexibility index (Phi) is 3.54. The van der Waals surface area contributed by atoms with Crippen molar-refractivity contribution in [3.8, 4) is 0 Å². The zero-order valence-electron chi connectivity index (χ0n) is 12.5. The molecule has 2 aliphatic rings. The average Bonchev–Trinajstić information content (AvgIpc) is 3.24. The van der Waals surface area contributed by atoms with Gasteiger partial charge < -0.3 is 9.64 Å². The zero-order chi connectivity index (χ0) is 14.9. The lowest BCUT2D eigenvalue weighted by atomic mass is 9.95. The molecule has 6 nitrogen and oxygen atoms in total. The number of pyridine rings is 1. The molecule has 4 rings (SSSR count). The molecule has 4 heterocycles. The van der Waals surface area contributed by atoms with Crippen LogP contribution in [0.5, 0.6) is 0 Å². The topological polar surface area (TPSA) is 59.7 Å². The first-order valence-electron chi connectivity index (χ1n) is 8.03. The summed E-state index contributed by atoms with van der Waals surface area (Å²) >= 11 is 0. The number of piperidine rings is 1. The number of carbonyl (C=O) groups excluding carboxylic acids is 1. The van der Waals surface area contributed by atoms with E-state index in [9.17, 15) is 4.79 Å². The van der Waals surface area contributed by atoms with E-state index in [2.05, 4.69) is 14.6 Å². The number of carbonyl (C=O) groups is 1. The van der Waals surface area contributed by atoms with Crippen molar-refractivity contribution in [3.63, 3.8) is 0 Å². The van der Waals surface area contributed by atoms with E-state index < -0.39 is 0 Å². The number of nitrogens with zero attached hydrogens (tertiary/aromatic N) is 4. The monoisotopic (exact) mass is 300 g/mol. The molecule has 116 valence electrons. The van der Waals surface area contributed by atoms with E-state index in [1.165, 1.54) is 0 Å². The molecule has 0 radical (unpaired) electrons. The second kappa shape index (κ2) is 5.68. The van der Waals surface area contributed by atoms with Gasteiger partial charge in [-0.15, -0.1) is 10.2 Å². The fourth-order valence-corrected chi connectivity index (χ4v) is 3.47. The van der Waals surface area contributed by atoms with Crippen molar-refractivity contribution in [1.29, 1.82) is 0 Å². The maximum Gasteiger partial charge on any atom is 0.251 e. The van der Waals surface area contributed by atoms with Crippen LogP contribution in [0.25, 0.3) is 5.65 Å². The van der Waals surface area contributed by atoms with Crippen LogP contribution in [-0.4, -0.2) is 51.2 Å². The number of hydrogen-bond acceptors (Lipinski definition) is 4. The third-order valence-corrected chi connectivity index (χ3v) is 4.72. The maximum atomic E-state index is 12.4. The van der Waals surface area contributed by atoms with Crippen LogP contribution in [0.4, 0.5) is 0 Å². The second-order valence-corrected chi connectivity index (χ2v) is 6.09. The van der Waals surface area contributed by atoms with Gasteiger partial charge in [-0.2, -0.15) is 0 Å². The van der Waals surface area contributed by atoms with Gasteiger partial charge in [0.1, 0.15) is 11.9 Å². The van der Waals surface area contributed by atoms with Crippen LogP contribution in [-0.2, 0) is 9.53 Å². The summed E-state index contributed by atoms with van der Waals surface area (Å²) in [6, 6.07) is 5.93. The van der Waals surface area contributed by atoms with E-state index in [-0.39, 0.29) is 12.0 Å². The molecule has 0 N–H and O–H groups in total. The maximum absolute atomic E-state index is 12.4. The van der Waals surface area contributed by atoms with E-state index in [1.807, 2.05) is 29.3 Å². The number of ether oxygens (including phenoxy) is 1. The molecule has 1 amide bonds. The summed E-state index contributed by atoms with van der Waals surface area (Å²) in [5, 5.41) is 8.57. The summed E-state index contributed by atoms with van der Waals surface area (Å²) < 4.78 is 7.56. The predicted octanol–water partition coefficient (Wildman–Crippen LogP) is 1.61. The van der Waals surface area contributed by atoms with Gasteiger partial charge in [0.05, 0.1) is 0 Å². The molecule has 0 spiro atoms. The molecule has 2 fully saturated rings. The number of fused-ring (bicyclic) bond motifs is 1. The van der Waals surface area contributed by atoms with Crippen molar-refractivity contribution in [3.05, 3.63) is 30.2 Å². The predicted molar refractivity (Wildman–Crippen MR) is 80.5 cm³/mol. The van der Waals surface area contributed by atoms with Crippen LogP contribution in [0.3, 0.4) is 0 Å². The molecule has 0 bridgehead atoms. The summed E-state index contributed by atoms with van der Waals surface area (Å²) in [6.45, 7) is 2.29. The van der Waals surface area contributed by atoms with Crippen molar-refractivity contribution >= 4 is 11.6 Å². The van der Waals surface area contributed by atoms with Crippen LogP contribution < -0.4 is 0 Å². The normalized spacial score (nSPS) is 23.3. The van der Waals surface area contributed by atoms with E-state index >= 15 is 0 Å². The SMILES string of the molecule is O=C(C1CCCO1)N1CCC(c2nnc3ccccn23)CC1. The first-order chi connectivity index (χ1) is 10.8. The quantitative estimate of drug-likeness (QED) is 0.845. The van der Waals surface area contributed by atoms with Gasteiger partial charge in [0.25, 0.3) is 5.91 Å². The van der Waals surface area contributed by atoms with E-state index in [0.717, 1.165) is 56.9 Å². The number of amides is 1. The highest BCUT2D eigenvalue weighted by Gasteiger charge is 2.32. The van der Waals surface area contributed by atoms with E-state index in [1.54, 1.807) is 0 Å². The highest BCUT2D eigenvalue weighted by molar-refractivity contribution is 5.81. The molecule has 2 saturated heterocycles. The Hall–Kier alpha value is -1.95. The lowest BCUT2D eigenvalue weighted by Gasteiger charge is -2.32. The van der Waals surface area contributed by atoms with Crippen LogP contribution in [0, 0.1) is 0 Å². The van der Waals surface area contributed by atoms with Gasteiger partial charge in [-0.05, 0) is 37.8 Å². The Balaban J connectivity index is 1.44. The van der Waals surface area contributed by atoms with Gasteiger partial charge in [0, 0.05) is 31.8 Å². The standard InChI is InChI=1S/C16H20N4O2/c21-16(13-4-3-11-22-13)19-9-6-12(7-10-19)15-18-17-14-5-1-2-8-20(14)15/h1-2,5,8,12-13H,3-4,6-7,9-11H2. The van der Waals surface area contributed by atoms with Gasteiger partial charge >= 0.3 is 0 Å². The van der Waals surface area contributed by atoms with Gasteiger partial charge in [0.2, 0.25) is 0 Å².